The number of carbonyl (C=O) groups is 1. The van der Waals surface area contributed by atoms with Gasteiger partial charge in [-0.25, -0.2) is 12.7 Å². The van der Waals surface area contributed by atoms with Crippen LogP contribution in [0.4, 0.5) is 0 Å². The van der Waals surface area contributed by atoms with E-state index in [1.54, 1.807) is 6.92 Å². The summed E-state index contributed by atoms with van der Waals surface area (Å²) in [6.45, 7) is 4.58. The summed E-state index contributed by atoms with van der Waals surface area (Å²) in [6, 6.07) is 0. The van der Waals surface area contributed by atoms with Crippen molar-refractivity contribution in [3.63, 3.8) is 0 Å². The van der Waals surface area contributed by atoms with Crippen molar-refractivity contribution in [2.75, 3.05) is 18.8 Å². The van der Waals surface area contributed by atoms with Crippen LogP contribution in [0.3, 0.4) is 0 Å². The number of nitrogens with zero attached hydrogens (tertiary/aromatic N) is 1. The van der Waals surface area contributed by atoms with Crippen molar-refractivity contribution >= 4 is 16.0 Å². The van der Waals surface area contributed by atoms with Gasteiger partial charge in [0.25, 0.3) is 0 Å². The van der Waals surface area contributed by atoms with Gasteiger partial charge in [-0.2, -0.15) is 0 Å². The Bertz CT molecular complexity index is 366. The predicted octanol–water partition coefficient (Wildman–Crippen LogP) is 1.16. The highest BCUT2D eigenvalue weighted by molar-refractivity contribution is 7.89. The molecule has 1 saturated heterocycles. The van der Waals surface area contributed by atoms with Gasteiger partial charge in [0.05, 0.1) is 5.75 Å². The summed E-state index contributed by atoms with van der Waals surface area (Å²) < 4.78 is 25.0. The molecule has 1 aliphatic rings. The smallest absolute Gasteiger partial charge is 0.303 e. The van der Waals surface area contributed by atoms with Crippen LogP contribution in [0.2, 0.25) is 0 Å². The van der Waals surface area contributed by atoms with Crippen molar-refractivity contribution < 1.29 is 18.3 Å². The molecule has 2 atom stereocenters. The SMILES string of the molecule is CCS(=O)(=O)N1CCCC(C(C)CC(=O)O)C1. The van der Waals surface area contributed by atoms with Gasteiger partial charge in [0, 0.05) is 19.5 Å². The van der Waals surface area contributed by atoms with Crippen LogP contribution in [0.1, 0.15) is 33.1 Å². The van der Waals surface area contributed by atoms with E-state index in [2.05, 4.69) is 0 Å². The summed E-state index contributed by atoms with van der Waals surface area (Å²) in [5.74, 6) is -0.496. The molecule has 0 aliphatic carbocycles. The highest BCUT2D eigenvalue weighted by Gasteiger charge is 2.30. The molecule has 5 nitrogen and oxygen atoms in total. The van der Waals surface area contributed by atoms with E-state index in [1.807, 2.05) is 6.92 Å². The predicted molar refractivity (Wildman–Crippen MR) is 65.2 cm³/mol. The van der Waals surface area contributed by atoms with Gasteiger partial charge in [-0.3, -0.25) is 4.79 Å². The molecule has 1 fully saturated rings. The molecule has 0 aromatic carbocycles. The Morgan fingerprint density at radius 1 is 1.53 bits per heavy atom. The molecule has 0 amide bonds. The summed E-state index contributed by atoms with van der Waals surface area (Å²) in [7, 11) is -3.13. The van der Waals surface area contributed by atoms with Gasteiger partial charge in [0.15, 0.2) is 0 Å². The number of sulfonamides is 1. The molecule has 0 spiro atoms. The first-order chi connectivity index (χ1) is 7.86. The molecule has 0 bridgehead atoms. The van der Waals surface area contributed by atoms with Crippen LogP contribution in [-0.2, 0) is 14.8 Å². The Labute approximate surface area is 103 Å². The first kappa shape index (κ1) is 14.4. The molecule has 100 valence electrons. The summed E-state index contributed by atoms with van der Waals surface area (Å²) in [6.07, 6.45) is 1.86. The Morgan fingerprint density at radius 3 is 2.71 bits per heavy atom. The Morgan fingerprint density at radius 2 is 2.18 bits per heavy atom. The van der Waals surface area contributed by atoms with Gasteiger partial charge in [0.1, 0.15) is 0 Å². The summed E-state index contributed by atoms with van der Waals surface area (Å²) in [5.41, 5.74) is 0. The maximum Gasteiger partial charge on any atom is 0.303 e. The molecule has 1 aliphatic heterocycles. The Hall–Kier alpha value is -0.620. The van der Waals surface area contributed by atoms with Crippen molar-refractivity contribution in [3.05, 3.63) is 0 Å². The van der Waals surface area contributed by atoms with E-state index in [4.69, 9.17) is 5.11 Å². The highest BCUT2D eigenvalue weighted by Crippen LogP contribution is 2.27. The molecular weight excluding hydrogens is 242 g/mol. The molecule has 6 heteroatoms. The normalized spacial score (nSPS) is 24.5. The third-order valence-corrected chi connectivity index (χ3v) is 5.33. The van der Waals surface area contributed by atoms with E-state index in [0.29, 0.717) is 13.1 Å². The van der Waals surface area contributed by atoms with Crippen LogP contribution in [0.15, 0.2) is 0 Å². The number of piperidine rings is 1. The second-order valence-corrected chi connectivity index (χ2v) is 6.99. The van der Waals surface area contributed by atoms with Crippen LogP contribution in [0.5, 0.6) is 0 Å². The molecule has 0 aromatic heterocycles. The minimum absolute atomic E-state index is 0.0300. The summed E-state index contributed by atoms with van der Waals surface area (Å²) in [5, 5.41) is 8.75. The zero-order chi connectivity index (χ0) is 13.1. The van der Waals surface area contributed by atoms with Crippen molar-refractivity contribution in [2.45, 2.75) is 33.1 Å². The maximum atomic E-state index is 11.8. The van der Waals surface area contributed by atoms with Crippen LogP contribution in [0.25, 0.3) is 0 Å². The maximum absolute atomic E-state index is 11.8. The van der Waals surface area contributed by atoms with Crippen LogP contribution in [-0.4, -0.2) is 42.6 Å². The van der Waals surface area contributed by atoms with Gasteiger partial charge in [-0.05, 0) is 31.6 Å². The quantitative estimate of drug-likeness (QED) is 0.807. The molecule has 1 rings (SSSR count). The number of hydrogen-bond acceptors (Lipinski definition) is 3. The fourth-order valence-electron chi connectivity index (χ4n) is 2.32. The standard InChI is InChI=1S/C11H21NO4S/c1-3-17(15,16)12-6-4-5-10(8-12)9(2)7-11(13)14/h9-10H,3-8H2,1-2H3,(H,13,14). The molecule has 0 saturated carbocycles. The average Bonchev–Trinajstić information content (AvgIpc) is 2.28. The fourth-order valence-corrected chi connectivity index (χ4v) is 3.51. The highest BCUT2D eigenvalue weighted by atomic mass is 32.2. The van der Waals surface area contributed by atoms with Crippen LogP contribution in [0, 0.1) is 11.8 Å². The summed E-state index contributed by atoms with van der Waals surface area (Å²) in [4.78, 5) is 10.7. The lowest BCUT2D eigenvalue weighted by Gasteiger charge is -2.34. The molecular formula is C11H21NO4S. The molecule has 2 unspecified atom stereocenters. The molecule has 1 heterocycles. The van der Waals surface area contributed by atoms with E-state index < -0.39 is 16.0 Å². The molecule has 0 radical (unpaired) electrons. The molecule has 0 aromatic rings. The van der Waals surface area contributed by atoms with Crippen LogP contribution < -0.4 is 0 Å². The van der Waals surface area contributed by atoms with E-state index in [9.17, 15) is 13.2 Å². The van der Waals surface area contributed by atoms with Crippen molar-refractivity contribution in [2.24, 2.45) is 11.8 Å². The minimum atomic E-state index is -3.13. The third kappa shape index (κ3) is 3.96. The lowest BCUT2D eigenvalue weighted by molar-refractivity contribution is -0.138. The number of aliphatic carboxylic acids is 1. The lowest BCUT2D eigenvalue weighted by Crippen LogP contribution is -2.42. The second kappa shape index (κ2) is 5.82. The average molecular weight is 263 g/mol. The zero-order valence-corrected chi connectivity index (χ0v) is 11.2. The molecule has 17 heavy (non-hydrogen) atoms. The Kier molecular flexibility index (Phi) is 4.94. The zero-order valence-electron chi connectivity index (χ0n) is 10.4. The van der Waals surface area contributed by atoms with Crippen LogP contribution >= 0.6 is 0 Å². The van der Waals surface area contributed by atoms with Gasteiger partial charge >= 0.3 is 5.97 Å². The van der Waals surface area contributed by atoms with Crippen molar-refractivity contribution in [3.8, 4) is 0 Å². The lowest BCUT2D eigenvalue weighted by atomic mass is 9.85. The largest absolute Gasteiger partial charge is 0.481 e. The van der Waals surface area contributed by atoms with Gasteiger partial charge in [-0.1, -0.05) is 6.92 Å². The first-order valence-corrected chi connectivity index (χ1v) is 7.67. The van der Waals surface area contributed by atoms with E-state index in [1.165, 1.54) is 4.31 Å². The molecule has 1 N–H and O–H groups in total. The van der Waals surface area contributed by atoms with E-state index in [0.717, 1.165) is 12.8 Å². The Balaban J connectivity index is 2.63. The van der Waals surface area contributed by atoms with Gasteiger partial charge in [-0.15, -0.1) is 0 Å². The topological polar surface area (TPSA) is 74.7 Å². The second-order valence-electron chi connectivity index (χ2n) is 4.74. The monoisotopic (exact) mass is 263 g/mol. The van der Waals surface area contributed by atoms with Crippen molar-refractivity contribution in [1.82, 2.24) is 4.31 Å². The minimum Gasteiger partial charge on any atom is -0.481 e. The number of rotatable bonds is 5. The van der Waals surface area contributed by atoms with Gasteiger partial charge in [0.2, 0.25) is 10.0 Å². The number of carboxylic acids is 1. The van der Waals surface area contributed by atoms with Gasteiger partial charge < -0.3 is 5.11 Å². The number of carboxylic acid groups (broad SMARTS) is 1. The summed E-state index contributed by atoms with van der Waals surface area (Å²) >= 11 is 0. The first-order valence-electron chi connectivity index (χ1n) is 6.06. The fraction of sp³-hybridized carbons (Fsp3) is 0.909. The van der Waals surface area contributed by atoms with Crippen molar-refractivity contribution in [1.29, 1.82) is 0 Å². The third-order valence-electron chi connectivity index (χ3n) is 3.48. The number of hydrogen-bond donors (Lipinski definition) is 1. The van der Waals surface area contributed by atoms with E-state index >= 15 is 0 Å². The van der Waals surface area contributed by atoms with E-state index in [-0.39, 0.29) is 24.0 Å².